The van der Waals surface area contributed by atoms with E-state index in [9.17, 15) is 0 Å². The summed E-state index contributed by atoms with van der Waals surface area (Å²) in [4.78, 5) is 0. The average Bonchev–Trinajstić information content (AvgIpc) is 2.51. The van der Waals surface area contributed by atoms with Crippen molar-refractivity contribution in [1.29, 1.82) is 0 Å². The van der Waals surface area contributed by atoms with Gasteiger partial charge >= 0.3 is 0 Å². The molecule has 3 heteroatoms. The average molecular weight is 246 g/mol. The highest BCUT2D eigenvalue weighted by Crippen LogP contribution is 2.64. The van der Waals surface area contributed by atoms with E-state index < -0.39 is 0 Å². The van der Waals surface area contributed by atoms with Gasteiger partial charge in [0.25, 0.3) is 0 Å². The summed E-state index contributed by atoms with van der Waals surface area (Å²) >= 11 is 3.61. The van der Waals surface area contributed by atoms with Gasteiger partial charge in [-0.2, -0.15) is 0 Å². The second-order valence-electron chi connectivity index (χ2n) is 4.87. The quantitative estimate of drug-likeness (QED) is 0.430. The summed E-state index contributed by atoms with van der Waals surface area (Å²) in [6.07, 6.45) is 3.46. The molecule has 74 valence electrons. The van der Waals surface area contributed by atoms with Crippen LogP contribution >= 0.6 is 15.9 Å². The van der Waals surface area contributed by atoms with Crippen molar-refractivity contribution in [2.45, 2.75) is 33.1 Å². The number of oxime groups is 1. The molecule has 0 saturated heterocycles. The molecule has 2 rings (SSSR count). The van der Waals surface area contributed by atoms with E-state index in [0.29, 0.717) is 11.3 Å². The van der Waals surface area contributed by atoms with E-state index in [4.69, 9.17) is 5.21 Å². The number of hydrogen-bond acceptors (Lipinski definition) is 2. The van der Waals surface area contributed by atoms with Crippen LogP contribution < -0.4 is 0 Å². The number of halogens is 1. The van der Waals surface area contributed by atoms with Crippen molar-refractivity contribution in [2.75, 3.05) is 5.33 Å². The molecule has 0 aliphatic heterocycles. The molecule has 2 bridgehead atoms. The zero-order chi connectivity index (χ0) is 9.69. The van der Waals surface area contributed by atoms with Gasteiger partial charge in [-0.25, -0.2) is 0 Å². The van der Waals surface area contributed by atoms with E-state index >= 15 is 0 Å². The Morgan fingerprint density at radius 3 is 2.69 bits per heavy atom. The summed E-state index contributed by atoms with van der Waals surface area (Å²) in [6, 6.07) is 0. The molecule has 0 unspecified atom stereocenters. The molecule has 0 aromatic heterocycles. The predicted molar refractivity (Wildman–Crippen MR) is 56.6 cm³/mol. The highest BCUT2D eigenvalue weighted by Gasteiger charge is 2.62. The van der Waals surface area contributed by atoms with Gasteiger partial charge in [-0.3, -0.25) is 0 Å². The van der Waals surface area contributed by atoms with Crippen LogP contribution in [0.25, 0.3) is 0 Å². The lowest BCUT2D eigenvalue weighted by Gasteiger charge is -2.36. The molecule has 0 heterocycles. The van der Waals surface area contributed by atoms with E-state index in [1.54, 1.807) is 0 Å². The van der Waals surface area contributed by atoms with E-state index in [1.807, 2.05) is 0 Å². The largest absolute Gasteiger partial charge is 0.411 e. The molecule has 0 spiro atoms. The van der Waals surface area contributed by atoms with Crippen LogP contribution in [0, 0.1) is 16.7 Å². The van der Waals surface area contributed by atoms with Crippen LogP contribution in [0.15, 0.2) is 5.16 Å². The fraction of sp³-hybridized carbons (Fsp3) is 0.900. The standard InChI is InChI=1S/C10H16BrNO/c1-9-4-3-7(5-8(9)12-13)10(9,2)6-11/h7,13H,3-6H2,1-2H3/b12-8+/t7-,9+,10+/m0/s1. The molecule has 2 nitrogen and oxygen atoms in total. The third-order valence-corrected chi connectivity index (χ3v) is 5.79. The van der Waals surface area contributed by atoms with Gasteiger partial charge in [0.2, 0.25) is 0 Å². The van der Waals surface area contributed by atoms with Gasteiger partial charge in [-0.15, -0.1) is 0 Å². The van der Waals surface area contributed by atoms with Crippen LogP contribution in [-0.2, 0) is 0 Å². The van der Waals surface area contributed by atoms with Gasteiger partial charge in [0.1, 0.15) is 0 Å². The summed E-state index contributed by atoms with van der Waals surface area (Å²) in [5.74, 6) is 0.711. The molecule has 2 aliphatic rings. The van der Waals surface area contributed by atoms with Crippen molar-refractivity contribution in [3.8, 4) is 0 Å². The van der Waals surface area contributed by atoms with Crippen molar-refractivity contribution in [1.82, 2.24) is 0 Å². The number of nitrogens with zero attached hydrogens (tertiary/aromatic N) is 1. The van der Waals surface area contributed by atoms with Crippen molar-refractivity contribution < 1.29 is 5.21 Å². The Balaban J connectivity index is 2.45. The Hall–Kier alpha value is -0.0500. The Morgan fingerprint density at radius 1 is 1.62 bits per heavy atom. The Morgan fingerprint density at radius 2 is 2.31 bits per heavy atom. The molecule has 2 aliphatic carbocycles. The molecular weight excluding hydrogens is 230 g/mol. The van der Waals surface area contributed by atoms with Crippen LogP contribution in [0.1, 0.15) is 33.1 Å². The zero-order valence-corrected chi connectivity index (χ0v) is 9.76. The van der Waals surface area contributed by atoms with Crippen LogP contribution in [0.2, 0.25) is 0 Å². The van der Waals surface area contributed by atoms with Gasteiger partial charge in [0.15, 0.2) is 0 Å². The second kappa shape index (κ2) is 2.72. The molecule has 3 atom stereocenters. The lowest BCUT2D eigenvalue weighted by molar-refractivity contribution is 0.199. The van der Waals surface area contributed by atoms with Crippen molar-refractivity contribution in [3.63, 3.8) is 0 Å². The highest BCUT2D eigenvalue weighted by atomic mass is 79.9. The Bertz CT molecular complexity index is 266. The first-order valence-electron chi connectivity index (χ1n) is 4.86. The molecule has 0 aromatic carbocycles. The summed E-state index contributed by atoms with van der Waals surface area (Å²) < 4.78 is 0. The van der Waals surface area contributed by atoms with E-state index in [-0.39, 0.29) is 5.41 Å². The van der Waals surface area contributed by atoms with E-state index in [2.05, 4.69) is 34.9 Å². The summed E-state index contributed by atoms with van der Waals surface area (Å²) in [6.45, 7) is 4.56. The van der Waals surface area contributed by atoms with Gasteiger partial charge in [0.05, 0.1) is 5.71 Å². The molecule has 0 radical (unpaired) electrons. The third kappa shape index (κ3) is 0.915. The van der Waals surface area contributed by atoms with Crippen LogP contribution in [0.3, 0.4) is 0 Å². The Kier molecular flexibility index (Phi) is 1.99. The summed E-state index contributed by atoms with van der Waals surface area (Å²) in [5.41, 5.74) is 1.45. The number of alkyl halides is 1. The van der Waals surface area contributed by atoms with Gasteiger partial charge in [-0.05, 0) is 30.6 Å². The first-order valence-corrected chi connectivity index (χ1v) is 5.98. The van der Waals surface area contributed by atoms with Crippen molar-refractivity contribution in [3.05, 3.63) is 0 Å². The van der Waals surface area contributed by atoms with E-state index in [1.165, 1.54) is 12.8 Å². The van der Waals surface area contributed by atoms with Gasteiger partial charge in [0, 0.05) is 10.7 Å². The van der Waals surface area contributed by atoms with Crippen LogP contribution in [0.5, 0.6) is 0 Å². The normalized spacial score (nSPS) is 51.9. The predicted octanol–water partition coefficient (Wildman–Crippen LogP) is 3.04. The minimum atomic E-state index is 0.135. The molecule has 2 saturated carbocycles. The third-order valence-electron chi connectivity index (χ3n) is 4.63. The maximum Gasteiger partial charge on any atom is 0.0638 e. The topological polar surface area (TPSA) is 32.6 Å². The first-order chi connectivity index (χ1) is 6.08. The zero-order valence-electron chi connectivity index (χ0n) is 8.18. The van der Waals surface area contributed by atoms with Gasteiger partial charge in [-0.1, -0.05) is 34.9 Å². The minimum Gasteiger partial charge on any atom is -0.411 e. The molecule has 2 fully saturated rings. The summed E-state index contributed by atoms with van der Waals surface area (Å²) in [7, 11) is 0. The Labute approximate surface area is 87.5 Å². The smallest absolute Gasteiger partial charge is 0.0638 e. The minimum absolute atomic E-state index is 0.135. The number of rotatable bonds is 1. The van der Waals surface area contributed by atoms with Gasteiger partial charge < -0.3 is 5.21 Å². The molecular formula is C10H16BrNO. The molecule has 0 aromatic rings. The van der Waals surface area contributed by atoms with Crippen LogP contribution in [-0.4, -0.2) is 16.2 Å². The van der Waals surface area contributed by atoms with Crippen molar-refractivity contribution in [2.24, 2.45) is 21.9 Å². The second-order valence-corrected chi connectivity index (χ2v) is 5.43. The van der Waals surface area contributed by atoms with Crippen LogP contribution in [0.4, 0.5) is 0 Å². The lowest BCUT2D eigenvalue weighted by atomic mass is 9.70. The maximum atomic E-state index is 8.95. The number of hydrogen-bond donors (Lipinski definition) is 1. The highest BCUT2D eigenvalue weighted by molar-refractivity contribution is 9.09. The fourth-order valence-electron chi connectivity index (χ4n) is 3.19. The maximum absolute atomic E-state index is 8.95. The fourth-order valence-corrected chi connectivity index (χ4v) is 4.26. The molecule has 0 amide bonds. The van der Waals surface area contributed by atoms with Crippen molar-refractivity contribution >= 4 is 21.6 Å². The van der Waals surface area contributed by atoms with E-state index in [0.717, 1.165) is 17.5 Å². The summed E-state index contributed by atoms with van der Waals surface area (Å²) in [5, 5.41) is 13.4. The lowest BCUT2D eigenvalue weighted by Crippen LogP contribution is -2.36. The first kappa shape index (κ1) is 9.50. The SMILES string of the molecule is C[C@@]12CC[C@@H](C/C1=N\O)[C@@]2(C)CBr. The monoisotopic (exact) mass is 245 g/mol. The number of fused-ring (bicyclic) bond motifs is 2. The molecule has 1 N–H and O–H groups in total. The molecule has 13 heavy (non-hydrogen) atoms.